The summed E-state index contributed by atoms with van der Waals surface area (Å²) in [6.07, 6.45) is 0.985. The number of carbonyl (C=O) groups excluding carboxylic acids is 1. The molecule has 0 bridgehead atoms. The smallest absolute Gasteiger partial charge is 0.226 e. The first-order chi connectivity index (χ1) is 7.29. The third-order valence-electron chi connectivity index (χ3n) is 3.88. The van der Waals surface area contributed by atoms with E-state index in [-0.39, 0.29) is 16.7 Å². The summed E-state index contributed by atoms with van der Waals surface area (Å²) in [4.78, 5) is 12.1. The van der Waals surface area contributed by atoms with Crippen molar-refractivity contribution in [2.24, 2.45) is 10.8 Å². The topological polar surface area (TPSA) is 38.3 Å². The molecule has 0 atom stereocenters. The van der Waals surface area contributed by atoms with E-state index in [0.29, 0.717) is 19.8 Å². The average Bonchev–Trinajstić information content (AvgIpc) is 2.23. The highest BCUT2D eigenvalue weighted by Crippen LogP contribution is 2.41. The van der Waals surface area contributed by atoms with Crippen LogP contribution in [0.25, 0.3) is 0 Å². The highest BCUT2D eigenvalue weighted by Gasteiger charge is 2.41. The predicted octanol–water partition coefficient (Wildman–Crippen LogP) is 2.60. The Hall–Kier alpha value is -0.570. The van der Waals surface area contributed by atoms with Crippen LogP contribution in [0.2, 0.25) is 0 Å². The second-order valence-corrected chi connectivity index (χ2v) is 5.32. The average molecular weight is 229 g/mol. The van der Waals surface area contributed by atoms with Crippen molar-refractivity contribution in [1.82, 2.24) is 5.32 Å². The molecule has 0 heterocycles. The SMILES string of the molecule is CCOCCNC(=O)C(C)(C)C(C)(C)CC. The van der Waals surface area contributed by atoms with Crippen LogP contribution >= 0.6 is 0 Å². The van der Waals surface area contributed by atoms with Crippen LogP contribution < -0.4 is 5.32 Å². The van der Waals surface area contributed by atoms with Crippen molar-refractivity contribution >= 4 is 5.91 Å². The Balaban J connectivity index is 4.25. The quantitative estimate of drug-likeness (QED) is 0.681. The molecule has 3 nitrogen and oxygen atoms in total. The van der Waals surface area contributed by atoms with E-state index < -0.39 is 0 Å². The molecule has 3 heteroatoms. The lowest BCUT2D eigenvalue weighted by Crippen LogP contribution is -2.46. The Morgan fingerprint density at radius 2 is 1.75 bits per heavy atom. The van der Waals surface area contributed by atoms with Crippen LogP contribution in [0.3, 0.4) is 0 Å². The van der Waals surface area contributed by atoms with Crippen molar-refractivity contribution in [2.45, 2.75) is 48.0 Å². The predicted molar refractivity (Wildman–Crippen MR) is 67.4 cm³/mol. The van der Waals surface area contributed by atoms with Gasteiger partial charge in [0.25, 0.3) is 0 Å². The molecule has 0 aliphatic heterocycles. The molecule has 1 N–H and O–H groups in total. The molecule has 0 aliphatic carbocycles. The zero-order valence-electron chi connectivity index (χ0n) is 11.6. The number of rotatable bonds is 7. The molecule has 16 heavy (non-hydrogen) atoms. The van der Waals surface area contributed by atoms with Gasteiger partial charge in [-0.25, -0.2) is 0 Å². The summed E-state index contributed by atoms with van der Waals surface area (Å²) in [7, 11) is 0. The van der Waals surface area contributed by atoms with E-state index in [9.17, 15) is 4.79 Å². The number of hydrogen-bond donors (Lipinski definition) is 1. The third-order valence-corrected chi connectivity index (χ3v) is 3.88. The van der Waals surface area contributed by atoms with Gasteiger partial charge in [0.2, 0.25) is 5.91 Å². The van der Waals surface area contributed by atoms with Crippen molar-refractivity contribution in [3.05, 3.63) is 0 Å². The minimum Gasteiger partial charge on any atom is -0.380 e. The van der Waals surface area contributed by atoms with Gasteiger partial charge in [-0.1, -0.05) is 34.6 Å². The van der Waals surface area contributed by atoms with E-state index in [1.807, 2.05) is 20.8 Å². The lowest BCUT2D eigenvalue weighted by atomic mass is 9.66. The molecule has 0 radical (unpaired) electrons. The second kappa shape index (κ2) is 6.24. The zero-order valence-corrected chi connectivity index (χ0v) is 11.6. The second-order valence-electron chi connectivity index (χ2n) is 5.32. The van der Waals surface area contributed by atoms with Crippen LogP contribution in [0, 0.1) is 10.8 Å². The summed E-state index contributed by atoms with van der Waals surface area (Å²) >= 11 is 0. The van der Waals surface area contributed by atoms with E-state index in [1.165, 1.54) is 0 Å². The Kier molecular flexibility index (Phi) is 6.01. The first-order valence-electron chi connectivity index (χ1n) is 6.15. The fourth-order valence-electron chi connectivity index (χ4n) is 1.35. The minimum absolute atomic E-state index is 0.00268. The van der Waals surface area contributed by atoms with Gasteiger partial charge in [0.05, 0.1) is 6.61 Å². The maximum absolute atomic E-state index is 12.1. The minimum atomic E-state index is -0.353. The molecule has 96 valence electrons. The van der Waals surface area contributed by atoms with Gasteiger partial charge < -0.3 is 10.1 Å². The van der Waals surface area contributed by atoms with Crippen molar-refractivity contribution in [1.29, 1.82) is 0 Å². The Bertz CT molecular complexity index is 222. The molecule has 0 aromatic heterocycles. The van der Waals surface area contributed by atoms with E-state index in [0.717, 1.165) is 6.42 Å². The first kappa shape index (κ1) is 15.4. The maximum atomic E-state index is 12.1. The van der Waals surface area contributed by atoms with Gasteiger partial charge in [0, 0.05) is 18.6 Å². The van der Waals surface area contributed by atoms with Gasteiger partial charge in [-0.15, -0.1) is 0 Å². The van der Waals surface area contributed by atoms with Gasteiger partial charge in [-0.3, -0.25) is 4.79 Å². The maximum Gasteiger partial charge on any atom is 0.226 e. The highest BCUT2D eigenvalue weighted by molar-refractivity contribution is 5.82. The van der Waals surface area contributed by atoms with Crippen molar-refractivity contribution in [3.63, 3.8) is 0 Å². The standard InChI is InChI=1S/C13H27NO2/c1-7-12(3,4)13(5,6)11(15)14-9-10-16-8-2/h7-10H2,1-6H3,(H,14,15). The molecular weight excluding hydrogens is 202 g/mol. The summed E-state index contributed by atoms with van der Waals surface area (Å²) in [6.45, 7) is 14.2. The fourth-order valence-corrected chi connectivity index (χ4v) is 1.35. The van der Waals surface area contributed by atoms with Gasteiger partial charge in [0.15, 0.2) is 0 Å². The van der Waals surface area contributed by atoms with Crippen LogP contribution in [0.15, 0.2) is 0 Å². The van der Waals surface area contributed by atoms with Crippen LogP contribution in [0.4, 0.5) is 0 Å². The molecule has 0 aromatic rings. The molecule has 0 unspecified atom stereocenters. The van der Waals surface area contributed by atoms with Gasteiger partial charge in [0.1, 0.15) is 0 Å². The molecule has 0 fully saturated rings. The monoisotopic (exact) mass is 229 g/mol. The summed E-state index contributed by atoms with van der Waals surface area (Å²) in [5.74, 6) is 0.110. The number of hydrogen-bond acceptors (Lipinski definition) is 2. The summed E-state index contributed by atoms with van der Waals surface area (Å²) in [5, 5.41) is 2.93. The summed E-state index contributed by atoms with van der Waals surface area (Å²) < 4.78 is 5.19. The zero-order chi connectivity index (χ0) is 12.8. The largest absolute Gasteiger partial charge is 0.380 e. The van der Waals surface area contributed by atoms with Crippen molar-refractivity contribution in [2.75, 3.05) is 19.8 Å². The van der Waals surface area contributed by atoms with Gasteiger partial charge in [-0.2, -0.15) is 0 Å². The van der Waals surface area contributed by atoms with Crippen molar-refractivity contribution in [3.8, 4) is 0 Å². The molecule has 0 aromatic carbocycles. The fraction of sp³-hybridized carbons (Fsp3) is 0.923. The molecule has 0 rings (SSSR count). The molecular formula is C13H27NO2. The molecule has 1 amide bonds. The van der Waals surface area contributed by atoms with Gasteiger partial charge >= 0.3 is 0 Å². The Morgan fingerprint density at radius 3 is 2.19 bits per heavy atom. The van der Waals surface area contributed by atoms with E-state index in [1.54, 1.807) is 0 Å². The Labute approximate surface area is 99.9 Å². The normalized spacial score (nSPS) is 12.6. The van der Waals surface area contributed by atoms with E-state index >= 15 is 0 Å². The van der Waals surface area contributed by atoms with Crippen molar-refractivity contribution < 1.29 is 9.53 Å². The lowest BCUT2D eigenvalue weighted by Gasteiger charge is -2.39. The van der Waals surface area contributed by atoms with Gasteiger partial charge in [-0.05, 0) is 18.8 Å². The lowest BCUT2D eigenvalue weighted by molar-refractivity contribution is -0.135. The Morgan fingerprint density at radius 1 is 1.19 bits per heavy atom. The van der Waals surface area contributed by atoms with Crippen LogP contribution in [0.1, 0.15) is 48.0 Å². The van der Waals surface area contributed by atoms with E-state index in [4.69, 9.17) is 4.74 Å². The third kappa shape index (κ3) is 3.78. The first-order valence-corrected chi connectivity index (χ1v) is 6.15. The highest BCUT2D eigenvalue weighted by atomic mass is 16.5. The number of amides is 1. The number of carbonyl (C=O) groups is 1. The number of ether oxygens (including phenoxy) is 1. The molecule has 0 saturated carbocycles. The van der Waals surface area contributed by atoms with E-state index in [2.05, 4.69) is 26.1 Å². The molecule has 0 spiro atoms. The summed E-state index contributed by atoms with van der Waals surface area (Å²) in [5.41, 5.74) is -0.351. The molecule has 0 aliphatic rings. The van der Waals surface area contributed by atoms with Crippen LogP contribution in [-0.2, 0) is 9.53 Å². The van der Waals surface area contributed by atoms with Crippen LogP contribution in [0.5, 0.6) is 0 Å². The van der Waals surface area contributed by atoms with Crippen LogP contribution in [-0.4, -0.2) is 25.7 Å². The molecule has 0 saturated heterocycles. The number of nitrogens with one attached hydrogen (secondary N) is 1. The summed E-state index contributed by atoms with van der Waals surface area (Å²) in [6, 6.07) is 0.